The summed E-state index contributed by atoms with van der Waals surface area (Å²) in [6.45, 7) is 0. The minimum absolute atomic E-state index is 0.428. The lowest BCUT2D eigenvalue weighted by Crippen LogP contribution is -2.03. The van der Waals surface area contributed by atoms with Gasteiger partial charge in [-0.05, 0) is 51.9 Å². The van der Waals surface area contributed by atoms with E-state index in [1.165, 1.54) is 69.2 Å². The van der Waals surface area contributed by atoms with E-state index in [-0.39, 0.29) is 0 Å². The summed E-state index contributed by atoms with van der Waals surface area (Å²) in [5.74, 6) is 0.428. The predicted molar refractivity (Wildman–Crippen MR) is 145 cm³/mol. The van der Waals surface area contributed by atoms with Crippen molar-refractivity contribution in [3.63, 3.8) is 0 Å². The second-order valence-corrected chi connectivity index (χ2v) is 11.1. The number of aromatic nitrogens is 1. The number of hydrogen-bond donors (Lipinski definition) is 0. The third-order valence-electron chi connectivity index (χ3n) is 7.34. The Morgan fingerprint density at radius 1 is 0.818 bits per heavy atom. The van der Waals surface area contributed by atoms with E-state index < -0.39 is 0 Å². The van der Waals surface area contributed by atoms with E-state index in [0.29, 0.717) is 5.92 Å². The highest BCUT2D eigenvalue weighted by Gasteiger charge is 2.36. The van der Waals surface area contributed by atoms with E-state index in [0.717, 1.165) is 6.42 Å². The average molecular weight is 504 g/mol. The van der Waals surface area contributed by atoms with E-state index in [1.54, 1.807) is 0 Å². The van der Waals surface area contributed by atoms with Crippen LogP contribution >= 0.6 is 27.3 Å². The fourth-order valence-corrected chi connectivity index (χ4v) is 7.77. The van der Waals surface area contributed by atoms with Crippen LogP contribution < -0.4 is 0 Å². The van der Waals surface area contributed by atoms with Gasteiger partial charge < -0.3 is 4.57 Å². The molecule has 0 radical (unpaired) electrons. The van der Waals surface area contributed by atoms with Crippen LogP contribution in [-0.4, -0.2) is 4.57 Å². The molecular formula is C30H18BrNS. The van der Waals surface area contributed by atoms with Crippen molar-refractivity contribution in [2.75, 3.05) is 0 Å². The molecule has 33 heavy (non-hydrogen) atoms. The number of nitrogens with zero attached hydrogens (tertiary/aromatic N) is 1. The fraction of sp³-hybridized carbons (Fsp3) is 0.0667. The maximum Gasteiger partial charge on any atom is 0.0544 e. The second kappa shape index (κ2) is 6.47. The van der Waals surface area contributed by atoms with Crippen LogP contribution in [0.1, 0.15) is 29.2 Å². The van der Waals surface area contributed by atoms with Crippen LogP contribution in [-0.2, 0) is 0 Å². The van der Waals surface area contributed by atoms with E-state index in [9.17, 15) is 0 Å². The monoisotopic (exact) mass is 503 g/mol. The summed E-state index contributed by atoms with van der Waals surface area (Å²) in [5, 5.41) is 4.04. The molecule has 1 nitrogen and oxygen atoms in total. The van der Waals surface area contributed by atoms with E-state index >= 15 is 0 Å². The lowest BCUT2D eigenvalue weighted by atomic mass is 9.87. The molecule has 1 aliphatic heterocycles. The van der Waals surface area contributed by atoms with Crippen LogP contribution in [0.4, 0.5) is 0 Å². The predicted octanol–water partition coefficient (Wildman–Crippen LogP) is 9.25. The van der Waals surface area contributed by atoms with Gasteiger partial charge in [0.1, 0.15) is 0 Å². The zero-order chi connectivity index (χ0) is 21.7. The Labute approximate surface area is 203 Å². The van der Waals surface area contributed by atoms with Gasteiger partial charge in [-0.1, -0.05) is 82.7 Å². The topological polar surface area (TPSA) is 4.93 Å². The first-order valence-electron chi connectivity index (χ1n) is 11.3. The van der Waals surface area contributed by atoms with E-state index in [1.807, 2.05) is 11.3 Å². The Morgan fingerprint density at radius 2 is 1.67 bits per heavy atom. The number of fused-ring (bicyclic) bond motifs is 9. The Hall–Kier alpha value is -3.14. The number of allylic oxidation sites excluding steroid dienone is 1. The zero-order valence-corrected chi connectivity index (χ0v) is 20.1. The van der Waals surface area contributed by atoms with Crippen molar-refractivity contribution in [2.24, 2.45) is 0 Å². The van der Waals surface area contributed by atoms with E-state index in [2.05, 4.69) is 112 Å². The number of hydrogen-bond acceptors (Lipinski definition) is 1. The molecule has 0 N–H and O–H groups in total. The molecule has 3 heteroatoms. The molecule has 0 saturated heterocycles. The van der Waals surface area contributed by atoms with Crippen molar-refractivity contribution in [3.05, 3.63) is 106 Å². The average Bonchev–Trinajstić information content (AvgIpc) is 3.49. The highest BCUT2D eigenvalue weighted by molar-refractivity contribution is 9.11. The Bertz CT molecular complexity index is 1820. The molecule has 0 bridgehead atoms. The van der Waals surface area contributed by atoms with Gasteiger partial charge in [0.05, 0.1) is 5.52 Å². The molecule has 8 rings (SSSR count). The van der Waals surface area contributed by atoms with Gasteiger partial charge in [0.2, 0.25) is 0 Å². The summed E-state index contributed by atoms with van der Waals surface area (Å²) in [6, 6.07) is 31.5. The summed E-state index contributed by atoms with van der Waals surface area (Å²) in [6.07, 6.45) is 3.37. The second-order valence-electron chi connectivity index (χ2n) is 9.05. The Morgan fingerprint density at radius 3 is 2.64 bits per heavy atom. The molecule has 0 saturated carbocycles. The van der Waals surface area contributed by atoms with Crippen molar-refractivity contribution < 1.29 is 0 Å². The Kier molecular flexibility index (Phi) is 3.59. The number of halogens is 1. The van der Waals surface area contributed by atoms with Crippen LogP contribution in [0.2, 0.25) is 0 Å². The summed E-state index contributed by atoms with van der Waals surface area (Å²) >= 11 is 5.73. The number of para-hydroxylation sites is 1. The first kappa shape index (κ1) is 18.3. The maximum atomic E-state index is 3.83. The molecule has 6 aromatic rings. The quantitative estimate of drug-likeness (QED) is 0.210. The first-order valence-corrected chi connectivity index (χ1v) is 12.9. The van der Waals surface area contributed by atoms with Crippen molar-refractivity contribution >= 4 is 64.4 Å². The van der Waals surface area contributed by atoms with Crippen molar-refractivity contribution in [1.29, 1.82) is 0 Å². The molecule has 2 aliphatic rings. The molecule has 3 heterocycles. The lowest BCUT2D eigenvalue weighted by Gasteiger charge is -2.17. The van der Waals surface area contributed by atoms with Gasteiger partial charge >= 0.3 is 0 Å². The maximum absolute atomic E-state index is 3.83. The highest BCUT2D eigenvalue weighted by atomic mass is 79.9. The summed E-state index contributed by atoms with van der Waals surface area (Å²) in [5.41, 5.74) is 9.52. The van der Waals surface area contributed by atoms with Crippen molar-refractivity contribution in [1.82, 2.24) is 4.57 Å². The minimum Gasteiger partial charge on any atom is -0.312 e. The zero-order valence-electron chi connectivity index (χ0n) is 17.7. The molecule has 1 aliphatic carbocycles. The SMILES string of the molecule is BrC1=Cc2c3n(c4cc(-c5cccc6c5sc5ccccc56)ccc24)-c2ccccc2C3C1. The molecule has 4 aromatic carbocycles. The van der Waals surface area contributed by atoms with Crippen LogP contribution in [0, 0.1) is 0 Å². The third kappa shape index (κ3) is 2.36. The van der Waals surface area contributed by atoms with Gasteiger partial charge in [-0.25, -0.2) is 0 Å². The Balaban J connectivity index is 1.45. The normalized spacial score (nSPS) is 16.4. The van der Waals surface area contributed by atoms with Gasteiger partial charge in [0.15, 0.2) is 0 Å². The molecule has 156 valence electrons. The molecule has 0 amide bonds. The van der Waals surface area contributed by atoms with Gasteiger partial charge in [-0.15, -0.1) is 11.3 Å². The van der Waals surface area contributed by atoms with Crippen LogP contribution in [0.5, 0.6) is 0 Å². The first-order chi connectivity index (χ1) is 16.3. The number of rotatable bonds is 1. The van der Waals surface area contributed by atoms with Crippen molar-refractivity contribution in [2.45, 2.75) is 12.3 Å². The van der Waals surface area contributed by atoms with Gasteiger partial charge in [-0.3, -0.25) is 0 Å². The standard InChI is InChI=1S/C30H18BrNS/c31-18-15-24-20-6-1-3-10-26(20)32-27-14-17(12-13-21(27)25(16-18)29(24)32)19-8-5-9-23-22-7-2-4-11-28(22)33-30(19)23/h1-14,16,24H,15H2. The van der Waals surface area contributed by atoms with Crippen molar-refractivity contribution in [3.8, 4) is 16.8 Å². The summed E-state index contributed by atoms with van der Waals surface area (Å²) in [7, 11) is 0. The van der Waals surface area contributed by atoms with Crippen LogP contribution in [0.3, 0.4) is 0 Å². The van der Waals surface area contributed by atoms with E-state index in [4.69, 9.17) is 0 Å². The molecular weight excluding hydrogens is 486 g/mol. The number of benzene rings is 4. The van der Waals surface area contributed by atoms with Crippen LogP contribution in [0.25, 0.3) is 54.0 Å². The molecule has 2 aromatic heterocycles. The molecule has 1 unspecified atom stereocenters. The minimum atomic E-state index is 0.428. The summed E-state index contributed by atoms with van der Waals surface area (Å²) < 4.78 is 6.53. The largest absolute Gasteiger partial charge is 0.312 e. The number of thiophene rings is 1. The summed E-state index contributed by atoms with van der Waals surface area (Å²) in [4.78, 5) is 0. The third-order valence-corrected chi connectivity index (χ3v) is 9.12. The van der Waals surface area contributed by atoms with Gasteiger partial charge in [-0.2, -0.15) is 0 Å². The molecule has 0 spiro atoms. The highest BCUT2D eigenvalue weighted by Crippen LogP contribution is 2.52. The van der Waals surface area contributed by atoms with Gasteiger partial charge in [0.25, 0.3) is 0 Å². The van der Waals surface area contributed by atoms with Gasteiger partial charge in [0, 0.05) is 48.4 Å². The molecule has 0 fully saturated rings. The molecule has 1 atom stereocenters. The van der Waals surface area contributed by atoms with Crippen LogP contribution in [0.15, 0.2) is 89.4 Å². The fourth-order valence-electron chi connectivity index (χ4n) is 5.98. The lowest BCUT2D eigenvalue weighted by molar-refractivity contribution is 0.814. The smallest absolute Gasteiger partial charge is 0.0544 e.